The maximum atomic E-state index is 8.55. The van der Waals surface area contributed by atoms with Crippen molar-refractivity contribution in [1.29, 1.82) is 0 Å². The highest BCUT2D eigenvalue weighted by Gasteiger charge is 2.04. The molecule has 68 valence electrons. The van der Waals surface area contributed by atoms with Crippen LogP contribution in [-0.4, -0.2) is 28.5 Å². The Morgan fingerprint density at radius 3 is 2.75 bits per heavy atom. The third-order valence-electron chi connectivity index (χ3n) is 1.87. The maximum Gasteiger partial charge on any atom is 0.0638 e. The Hall–Kier alpha value is -0.870. The molecule has 0 fully saturated rings. The second-order valence-electron chi connectivity index (χ2n) is 2.81. The monoisotopic (exact) mass is 169 g/mol. The van der Waals surface area contributed by atoms with Crippen LogP contribution in [0.5, 0.6) is 0 Å². The van der Waals surface area contributed by atoms with Gasteiger partial charge in [-0.1, -0.05) is 0 Å². The van der Waals surface area contributed by atoms with Crippen molar-refractivity contribution in [3.05, 3.63) is 17.0 Å². The summed E-state index contributed by atoms with van der Waals surface area (Å²) in [6, 6.07) is 0. The number of H-pyrrole nitrogens is 1. The topological polar surface area (TPSA) is 60.9 Å². The number of aryl methyl sites for hydroxylation is 2. The fourth-order valence-corrected chi connectivity index (χ4v) is 1.13. The molecule has 0 aliphatic carbocycles. The number of nitrogens with zero attached hydrogens (tertiary/aromatic N) is 1. The van der Waals surface area contributed by atoms with E-state index in [0.717, 1.165) is 17.9 Å². The Bertz CT molecular complexity index is 225. The molecule has 0 aliphatic rings. The molecule has 12 heavy (non-hydrogen) atoms. The zero-order chi connectivity index (χ0) is 8.97. The molecule has 1 heterocycles. The molecule has 0 aromatic carbocycles. The van der Waals surface area contributed by atoms with Gasteiger partial charge in [0, 0.05) is 24.3 Å². The van der Waals surface area contributed by atoms with Crippen LogP contribution < -0.4 is 5.32 Å². The summed E-state index contributed by atoms with van der Waals surface area (Å²) in [6.07, 6.45) is 0. The second kappa shape index (κ2) is 4.23. The molecule has 0 radical (unpaired) electrons. The predicted molar refractivity (Wildman–Crippen MR) is 46.9 cm³/mol. The van der Waals surface area contributed by atoms with Gasteiger partial charge in [-0.3, -0.25) is 5.10 Å². The molecule has 0 spiro atoms. The second-order valence-corrected chi connectivity index (χ2v) is 2.81. The first-order chi connectivity index (χ1) is 5.75. The lowest BCUT2D eigenvalue weighted by atomic mass is 10.2. The van der Waals surface area contributed by atoms with Crippen molar-refractivity contribution < 1.29 is 5.11 Å². The quantitative estimate of drug-likeness (QED) is 0.560. The molecule has 3 N–H and O–H groups in total. The van der Waals surface area contributed by atoms with Crippen molar-refractivity contribution in [3.63, 3.8) is 0 Å². The summed E-state index contributed by atoms with van der Waals surface area (Å²) in [5.41, 5.74) is 3.32. The normalized spacial score (nSPS) is 10.6. The van der Waals surface area contributed by atoms with Gasteiger partial charge < -0.3 is 10.4 Å². The molecule has 4 heteroatoms. The summed E-state index contributed by atoms with van der Waals surface area (Å²) in [5.74, 6) is 0. The molecule has 0 bridgehead atoms. The van der Waals surface area contributed by atoms with Crippen molar-refractivity contribution in [2.24, 2.45) is 0 Å². The Balaban J connectivity index is 2.50. The zero-order valence-corrected chi connectivity index (χ0v) is 7.52. The summed E-state index contributed by atoms with van der Waals surface area (Å²) < 4.78 is 0. The molecule has 0 unspecified atom stereocenters. The summed E-state index contributed by atoms with van der Waals surface area (Å²) in [4.78, 5) is 0. The lowest BCUT2D eigenvalue weighted by molar-refractivity contribution is 0.292. The van der Waals surface area contributed by atoms with Gasteiger partial charge in [-0.05, 0) is 13.8 Å². The smallest absolute Gasteiger partial charge is 0.0638 e. The molecule has 0 saturated carbocycles. The molecular weight excluding hydrogens is 154 g/mol. The van der Waals surface area contributed by atoms with Crippen LogP contribution in [0.15, 0.2) is 0 Å². The zero-order valence-electron chi connectivity index (χ0n) is 7.52. The van der Waals surface area contributed by atoms with Gasteiger partial charge in [0.2, 0.25) is 0 Å². The van der Waals surface area contributed by atoms with E-state index in [0.29, 0.717) is 6.54 Å². The van der Waals surface area contributed by atoms with Crippen molar-refractivity contribution >= 4 is 0 Å². The van der Waals surface area contributed by atoms with Crippen LogP contribution in [0.3, 0.4) is 0 Å². The van der Waals surface area contributed by atoms with Crippen molar-refractivity contribution in [1.82, 2.24) is 15.5 Å². The first-order valence-electron chi connectivity index (χ1n) is 4.07. The number of hydrogen-bond donors (Lipinski definition) is 3. The lowest BCUT2D eigenvalue weighted by Crippen LogP contribution is -2.18. The molecule has 0 amide bonds. The van der Waals surface area contributed by atoms with Crippen LogP contribution in [0, 0.1) is 13.8 Å². The minimum absolute atomic E-state index is 0.177. The summed E-state index contributed by atoms with van der Waals surface area (Å²) in [6.45, 7) is 5.55. The number of aromatic nitrogens is 2. The van der Waals surface area contributed by atoms with Crippen molar-refractivity contribution in [3.8, 4) is 0 Å². The van der Waals surface area contributed by atoms with Gasteiger partial charge >= 0.3 is 0 Å². The fraction of sp³-hybridized carbons (Fsp3) is 0.625. The van der Waals surface area contributed by atoms with Gasteiger partial charge in [0.25, 0.3) is 0 Å². The van der Waals surface area contributed by atoms with Crippen LogP contribution in [0.4, 0.5) is 0 Å². The lowest BCUT2D eigenvalue weighted by Gasteiger charge is -2.01. The van der Waals surface area contributed by atoms with Crippen molar-refractivity contribution in [2.75, 3.05) is 13.2 Å². The first-order valence-corrected chi connectivity index (χ1v) is 4.07. The van der Waals surface area contributed by atoms with Crippen LogP contribution in [0.2, 0.25) is 0 Å². The largest absolute Gasteiger partial charge is 0.395 e. The minimum atomic E-state index is 0.177. The summed E-state index contributed by atoms with van der Waals surface area (Å²) >= 11 is 0. The van der Waals surface area contributed by atoms with E-state index >= 15 is 0 Å². The van der Waals surface area contributed by atoms with Gasteiger partial charge in [0.05, 0.1) is 12.3 Å². The molecule has 1 rings (SSSR count). The Morgan fingerprint density at radius 2 is 2.25 bits per heavy atom. The fourth-order valence-electron chi connectivity index (χ4n) is 1.13. The Kier molecular flexibility index (Phi) is 3.25. The minimum Gasteiger partial charge on any atom is -0.395 e. The Labute approximate surface area is 72.0 Å². The standard InChI is InChI=1S/C8H15N3O/c1-6-8(5-9-3-4-12)7(2)11-10-6/h9,12H,3-5H2,1-2H3,(H,10,11). The van der Waals surface area contributed by atoms with E-state index in [2.05, 4.69) is 15.5 Å². The third-order valence-corrected chi connectivity index (χ3v) is 1.87. The van der Waals surface area contributed by atoms with Crippen LogP contribution >= 0.6 is 0 Å². The van der Waals surface area contributed by atoms with Gasteiger partial charge in [0.1, 0.15) is 0 Å². The van der Waals surface area contributed by atoms with E-state index in [-0.39, 0.29) is 6.61 Å². The highest BCUT2D eigenvalue weighted by molar-refractivity contribution is 5.22. The number of hydrogen-bond acceptors (Lipinski definition) is 3. The first kappa shape index (κ1) is 9.22. The van der Waals surface area contributed by atoms with E-state index in [1.165, 1.54) is 5.56 Å². The molecule has 4 nitrogen and oxygen atoms in total. The maximum absolute atomic E-state index is 8.55. The highest BCUT2D eigenvalue weighted by atomic mass is 16.3. The van der Waals surface area contributed by atoms with Crippen LogP contribution in [0.1, 0.15) is 17.0 Å². The molecule has 0 saturated heterocycles. The number of rotatable bonds is 4. The van der Waals surface area contributed by atoms with Crippen LogP contribution in [0.25, 0.3) is 0 Å². The van der Waals surface area contributed by atoms with E-state index in [1.54, 1.807) is 0 Å². The van der Waals surface area contributed by atoms with Crippen LogP contribution in [-0.2, 0) is 6.54 Å². The number of aliphatic hydroxyl groups excluding tert-OH is 1. The van der Waals surface area contributed by atoms with E-state index in [1.807, 2.05) is 13.8 Å². The molecular formula is C8H15N3O. The Morgan fingerprint density at radius 1 is 1.50 bits per heavy atom. The van der Waals surface area contributed by atoms with Gasteiger partial charge in [-0.15, -0.1) is 0 Å². The van der Waals surface area contributed by atoms with Crippen molar-refractivity contribution in [2.45, 2.75) is 20.4 Å². The van der Waals surface area contributed by atoms with Gasteiger partial charge in [-0.2, -0.15) is 5.10 Å². The number of nitrogens with one attached hydrogen (secondary N) is 2. The van der Waals surface area contributed by atoms with E-state index in [4.69, 9.17) is 5.11 Å². The molecule has 1 aromatic rings. The third kappa shape index (κ3) is 2.06. The summed E-state index contributed by atoms with van der Waals surface area (Å²) in [5, 5.41) is 18.6. The average molecular weight is 169 g/mol. The highest BCUT2D eigenvalue weighted by Crippen LogP contribution is 2.07. The van der Waals surface area contributed by atoms with E-state index in [9.17, 15) is 0 Å². The molecule has 0 aliphatic heterocycles. The predicted octanol–water partition coefficient (Wildman–Crippen LogP) is 0.108. The van der Waals surface area contributed by atoms with E-state index < -0.39 is 0 Å². The number of aromatic amines is 1. The molecule has 0 atom stereocenters. The summed E-state index contributed by atoms with van der Waals surface area (Å²) in [7, 11) is 0. The molecule has 1 aromatic heterocycles. The number of aliphatic hydroxyl groups is 1. The van der Waals surface area contributed by atoms with Gasteiger partial charge in [0.15, 0.2) is 0 Å². The van der Waals surface area contributed by atoms with Gasteiger partial charge in [-0.25, -0.2) is 0 Å². The SMILES string of the molecule is Cc1n[nH]c(C)c1CNCCO. The average Bonchev–Trinajstić information content (AvgIpc) is 2.35.